The zero-order valence-corrected chi connectivity index (χ0v) is 7.53. The number of hydrogen-bond donors (Lipinski definition) is 2. The third kappa shape index (κ3) is 2.04. The fourth-order valence-corrected chi connectivity index (χ4v) is 1.13. The van der Waals surface area contributed by atoms with Gasteiger partial charge in [0.25, 0.3) is 6.01 Å². The van der Waals surface area contributed by atoms with E-state index in [-0.39, 0.29) is 12.6 Å². The van der Waals surface area contributed by atoms with Gasteiger partial charge in [-0.25, -0.2) is 4.39 Å². The lowest BCUT2D eigenvalue weighted by Gasteiger charge is -1.93. The molecule has 1 heterocycles. The highest BCUT2D eigenvalue weighted by Crippen LogP contribution is 2.19. The average molecular weight is 210 g/mol. The van der Waals surface area contributed by atoms with Gasteiger partial charge in [-0.15, -0.1) is 0 Å². The van der Waals surface area contributed by atoms with E-state index in [4.69, 9.17) is 9.52 Å². The monoisotopic (exact) mass is 210 g/mol. The van der Waals surface area contributed by atoms with Crippen LogP contribution in [0.1, 0.15) is 0 Å². The van der Waals surface area contributed by atoms with Gasteiger partial charge in [0.05, 0.1) is 0 Å². The molecular weight excluding hydrogens is 203 g/mol. The zero-order chi connectivity index (χ0) is 10.8. The molecule has 0 amide bonds. The van der Waals surface area contributed by atoms with Gasteiger partial charge in [0, 0.05) is 6.07 Å². The molecule has 0 bridgehead atoms. The van der Waals surface area contributed by atoms with Crippen molar-refractivity contribution >= 4 is 23.1 Å². The standard InChI is InChI=1S/C9H7FN2O3/c10-5-1-2-7-6(3-5)12-9(15-7)11-4-8(13)14/h1-3H,4H2,(H,11,12)(H,13,14). The summed E-state index contributed by atoms with van der Waals surface area (Å²) in [4.78, 5) is 14.1. The van der Waals surface area contributed by atoms with E-state index in [0.29, 0.717) is 11.1 Å². The lowest BCUT2D eigenvalue weighted by molar-refractivity contribution is -0.134. The van der Waals surface area contributed by atoms with Gasteiger partial charge in [-0.2, -0.15) is 4.98 Å². The molecule has 0 aliphatic rings. The van der Waals surface area contributed by atoms with Crippen LogP contribution >= 0.6 is 0 Å². The van der Waals surface area contributed by atoms with Crippen molar-refractivity contribution in [3.05, 3.63) is 24.0 Å². The summed E-state index contributed by atoms with van der Waals surface area (Å²) in [7, 11) is 0. The number of nitrogens with zero attached hydrogens (tertiary/aromatic N) is 1. The molecule has 2 aromatic rings. The van der Waals surface area contributed by atoms with E-state index >= 15 is 0 Å². The summed E-state index contributed by atoms with van der Waals surface area (Å²) in [5, 5.41) is 10.9. The molecule has 15 heavy (non-hydrogen) atoms. The van der Waals surface area contributed by atoms with Crippen LogP contribution in [0.5, 0.6) is 0 Å². The lowest BCUT2D eigenvalue weighted by atomic mass is 10.3. The highest BCUT2D eigenvalue weighted by atomic mass is 19.1. The van der Waals surface area contributed by atoms with Crippen LogP contribution in [0, 0.1) is 5.82 Å². The minimum atomic E-state index is -1.02. The fraction of sp³-hybridized carbons (Fsp3) is 0.111. The van der Waals surface area contributed by atoms with Crippen LogP contribution < -0.4 is 5.32 Å². The van der Waals surface area contributed by atoms with Crippen LogP contribution in [-0.2, 0) is 4.79 Å². The summed E-state index contributed by atoms with van der Waals surface area (Å²) >= 11 is 0. The first-order valence-electron chi connectivity index (χ1n) is 4.17. The number of benzene rings is 1. The van der Waals surface area contributed by atoms with Gasteiger partial charge < -0.3 is 14.8 Å². The molecule has 1 aromatic heterocycles. The summed E-state index contributed by atoms with van der Waals surface area (Å²) in [6.07, 6.45) is 0. The SMILES string of the molecule is O=C(O)CNc1nc2cc(F)ccc2o1. The number of halogens is 1. The maximum atomic E-state index is 12.8. The maximum Gasteiger partial charge on any atom is 0.323 e. The molecule has 0 saturated carbocycles. The van der Waals surface area contributed by atoms with Crippen LogP contribution in [0.2, 0.25) is 0 Å². The van der Waals surface area contributed by atoms with Crippen LogP contribution in [-0.4, -0.2) is 22.6 Å². The smallest absolute Gasteiger partial charge is 0.323 e. The largest absolute Gasteiger partial charge is 0.480 e. The quantitative estimate of drug-likeness (QED) is 0.802. The minimum absolute atomic E-state index is 0.0676. The molecule has 2 N–H and O–H groups in total. The Balaban J connectivity index is 2.27. The third-order valence-corrected chi connectivity index (χ3v) is 1.74. The number of fused-ring (bicyclic) bond motifs is 1. The molecule has 1 aromatic carbocycles. The normalized spacial score (nSPS) is 10.5. The summed E-state index contributed by atoms with van der Waals surface area (Å²) in [5.41, 5.74) is 0.757. The molecule has 2 rings (SSSR count). The van der Waals surface area contributed by atoms with Crippen molar-refractivity contribution in [3.63, 3.8) is 0 Å². The number of aromatic nitrogens is 1. The van der Waals surface area contributed by atoms with Gasteiger partial charge >= 0.3 is 5.97 Å². The first-order valence-corrected chi connectivity index (χ1v) is 4.17. The Labute approximate surface area is 83.5 Å². The highest BCUT2D eigenvalue weighted by molar-refractivity contribution is 5.76. The molecule has 5 nitrogen and oxygen atoms in total. The van der Waals surface area contributed by atoms with Gasteiger partial charge in [-0.05, 0) is 12.1 Å². The molecule has 0 aliphatic carbocycles. The van der Waals surface area contributed by atoms with Crippen LogP contribution in [0.25, 0.3) is 11.1 Å². The topological polar surface area (TPSA) is 75.4 Å². The molecule has 0 spiro atoms. The fourth-order valence-electron chi connectivity index (χ4n) is 1.13. The number of oxazole rings is 1. The highest BCUT2D eigenvalue weighted by Gasteiger charge is 2.06. The number of aliphatic carboxylic acids is 1. The Morgan fingerprint density at radius 1 is 1.60 bits per heavy atom. The molecule has 6 heteroatoms. The predicted molar refractivity (Wildman–Crippen MR) is 50.1 cm³/mol. The molecule has 0 saturated heterocycles. The molecule has 0 aliphatic heterocycles. The van der Waals surface area contributed by atoms with Crippen molar-refractivity contribution in [3.8, 4) is 0 Å². The van der Waals surface area contributed by atoms with Crippen molar-refractivity contribution in [1.82, 2.24) is 4.98 Å². The van der Waals surface area contributed by atoms with Crippen LogP contribution in [0.3, 0.4) is 0 Å². The van der Waals surface area contributed by atoms with Gasteiger partial charge in [0.2, 0.25) is 0 Å². The predicted octanol–water partition coefficient (Wildman–Crippen LogP) is 1.46. The van der Waals surface area contributed by atoms with Crippen molar-refractivity contribution in [2.24, 2.45) is 0 Å². The molecule has 0 radical (unpaired) electrons. The first kappa shape index (κ1) is 9.45. The number of rotatable bonds is 3. The third-order valence-electron chi connectivity index (χ3n) is 1.74. The van der Waals surface area contributed by atoms with Crippen molar-refractivity contribution in [1.29, 1.82) is 0 Å². The van der Waals surface area contributed by atoms with Gasteiger partial charge in [-0.1, -0.05) is 0 Å². The summed E-state index contributed by atoms with van der Waals surface area (Å²) in [5.74, 6) is -1.44. The first-order chi connectivity index (χ1) is 7.15. The maximum absolute atomic E-state index is 12.8. The van der Waals surface area contributed by atoms with E-state index in [0.717, 1.165) is 0 Å². The molecule has 0 fully saturated rings. The van der Waals surface area contributed by atoms with Crippen LogP contribution in [0.4, 0.5) is 10.4 Å². The molecular formula is C9H7FN2O3. The van der Waals surface area contributed by atoms with E-state index in [1.165, 1.54) is 18.2 Å². The van der Waals surface area contributed by atoms with Gasteiger partial charge in [-0.3, -0.25) is 4.79 Å². The molecule has 78 valence electrons. The molecule has 0 atom stereocenters. The summed E-state index contributed by atoms with van der Waals surface area (Å²) in [6.45, 7) is -0.296. The number of nitrogens with one attached hydrogen (secondary N) is 1. The lowest BCUT2D eigenvalue weighted by Crippen LogP contribution is -2.12. The second-order valence-corrected chi connectivity index (χ2v) is 2.88. The Hall–Kier alpha value is -2.11. The Kier molecular flexibility index (Phi) is 2.24. The zero-order valence-electron chi connectivity index (χ0n) is 7.53. The van der Waals surface area contributed by atoms with Gasteiger partial charge in [0.15, 0.2) is 5.58 Å². The van der Waals surface area contributed by atoms with Crippen molar-refractivity contribution < 1.29 is 18.7 Å². The number of carboxylic acids is 1. The van der Waals surface area contributed by atoms with E-state index in [1.807, 2.05) is 0 Å². The Bertz CT molecular complexity index is 509. The van der Waals surface area contributed by atoms with E-state index in [9.17, 15) is 9.18 Å². The van der Waals surface area contributed by atoms with E-state index < -0.39 is 11.8 Å². The average Bonchev–Trinajstić information content (AvgIpc) is 2.56. The van der Waals surface area contributed by atoms with Gasteiger partial charge in [0.1, 0.15) is 17.9 Å². The Morgan fingerprint density at radius 2 is 2.40 bits per heavy atom. The number of anilines is 1. The number of hydrogen-bond acceptors (Lipinski definition) is 4. The van der Waals surface area contributed by atoms with Crippen LogP contribution in [0.15, 0.2) is 22.6 Å². The van der Waals surface area contributed by atoms with Crippen molar-refractivity contribution in [2.45, 2.75) is 0 Å². The summed E-state index contributed by atoms with van der Waals surface area (Å²) in [6, 6.07) is 3.96. The van der Waals surface area contributed by atoms with E-state index in [2.05, 4.69) is 10.3 Å². The second kappa shape index (κ2) is 3.56. The summed E-state index contributed by atoms with van der Waals surface area (Å²) < 4.78 is 17.9. The Morgan fingerprint density at radius 3 is 3.13 bits per heavy atom. The number of carbonyl (C=O) groups is 1. The number of carboxylic acid groups (broad SMARTS) is 1. The minimum Gasteiger partial charge on any atom is -0.480 e. The van der Waals surface area contributed by atoms with Crippen molar-refractivity contribution in [2.75, 3.05) is 11.9 Å². The molecule has 0 unspecified atom stereocenters. The second-order valence-electron chi connectivity index (χ2n) is 2.88. The van der Waals surface area contributed by atoms with E-state index in [1.54, 1.807) is 0 Å².